The molecule has 1 N–H and O–H groups in total. The first-order chi connectivity index (χ1) is 16.3. The molecule has 7 nitrogen and oxygen atoms in total. The number of aryl methyl sites for hydroxylation is 3. The number of allylic oxidation sites excluding steroid dienone is 1. The van der Waals surface area contributed by atoms with E-state index in [1.54, 1.807) is 6.08 Å². The number of nitrogens with zero attached hydrogens (tertiary/aromatic N) is 3. The van der Waals surface area contributed by atoms with E-state index in [1.165, 1.54) is 11.8 Å². The van der Waals surface area contributed by atoms with Crippen LogP contribution < -0.4 is 14.8 Å². The Kier molecular flexibility index (Phi) is 9.40. The van der Waals surface area contributed by atoms with Gasteiger partial charge in [-0.2, -0.15) is 0 Å². The molecule has 1 amide bonds. The molecule has 0 unspecified atom stereocenters. The lowest BCUT2D eigenvalue weighted by Crippen LogP contribution is -2.16. The summed E-state index contributed by atoms with van der Waals surface area (Å²) in [6.45, 7) is 13.1. The average Bonchev–Trinajstić information content (AvgIpc) is 3.16. The second-order valence-electron chi connectivity index (χ2n) is 7.72. The molecule has 9 heteroatoms. The first-order valence-corrected chi connectivity index (χ1v) is 13.0. The van der Waals surface area contributed by atoms with Gasteiger partial charge in [0.1, 0.15) is 6.61 Å². The first kappa shape index (κ1) is 26.1. The maximum Gasteiger partial charge on any atom is 0.234 e. The van der Waals surface area contributed by atoms with Gasteiger partial charge in [0, 0.05) is 15.8 Å². The number of amides is 1. The van der Waals surface area contributed by atoms with Gasteiger partial charge in [-0.3, -0.25) is 9.36 Å². The summed E-state index contributed by atoms with van der Waals surface area (Å²) in [7, 11) is 0. The summed E-state index contributed by atoms with van der Waals surface area (Å²) < 4.78 is 14.7. The Balaban J connectivity index is 1.67. The van der Waals surface area contributed by atoms with Crippen LogP contribution in [0.25, 0.3) is 0 Å². The highest BCUT2D eigenvalue weighted by atomic mass is 127. The Labute approximate surface area is 218 Å². The Morgan fingerprint density at radius 1 is 1.15 bits per heavy atom. The molecular formula is C25H29IN4O3S. The molecule has 0 aliphatic carbocycles. The Morgan fingerprint density at radius 3 is 2.56 bits per heavy atom. The van der Waals surface area contributed by atoms with Crippen LogP contribution in [-0.4, -0.2) is 33.0 Å². The number of rotatable bonds is 11. The first-order valence-electron chi connectivity index (χ1n) is 10.9. The minimum Gasteiger partial charge on any atom is -0.490 e. The predicted octanol–water partition coefficient (Wildman–Crippen LogP) is 5.70. The van der Waals surface area contributed by atoms with E-state index in [9.17, 15) is 4.79 Å². The van der Waals surface area contributed by atoms with Gasteiger partial charge in [-0.05, 0) is 91.2 Å². The van der Waals surface area contributed by atoms with Crippen LogP contribution in [0, 0.1) is 24.3 Å². The normalized spacial score (nSPS) is 10.7. The third-order valence-corrected chi connectivity index (χ3v) is 6.54. The molecule has 180 valence electrons. The maximum atomic E-state index is 12.6. The van der Waals surface area contributed by atoms with Crippen LogP contribution in [0.15, 0.2) is 48.1 Å². The number of carbonyl (C=O) groups is 1. The molecule has 3 aromatic rings. The van der Waals surface area contributed by atoms with Crippen molar-refractivity contribution in [1.82, 2.24) is 14.8 Å². The minimum atomic E-state index is -0.0932. The topological polar surface area (TPSA) is 78.3 Å². The van der Waals surface area contributed by atoms with Crippen molar-refractivity contribution in [3.8, 4) is 11.5 Å². The van der Waals surface area contributed by atoms with Crippen molar-refractivity contribution in [3.05, 3.63) is 69.1 Å². The van der Waals surface area contributed by atoms with Crippen LogP contribution in [0.4, 0.5) is 5.69 Å². The van der Waals surface area contributed by atoms with Crippen molar-refractivity contribution in [1.29, 1.82) is 0 Å². The number of carbonyl (C=O) groups excluding carboxylic acids is 1. The third-order valence-electron chi connectivity index (χ3n) is 4.96. The molecule has 34 heavy (non-hydrogen) atoms. The molecule has 0 aliphatic heterocycles. The lowest BCUT2D eigenvalue weighted by molar-refractivity contribution is -0.113. The van der Waals surface area contributed by atoms with Crippen molar-refractivity contribution in [2.24, 2.45) is 0 Å². The molecule has 0 bridgehead atoms. The molecule has 0 radical (unpaired) electrons. The van der Waals surface area contributed by atoms with Gasteiger partial charge in [0.2, 0.25) is 5.91 Å². The van der Waals surface area contributed by atoms with E-state index < -0.39 is 0 Å². The van der Waals surface area contributed by atoms with Gasteiger partial charge in [-0.25, -0.2) is 0 Å². The summed E-state index contributed by atoms with van der Waals surface area (Å²) in [5.41, 5.74) is 4.04. The number of halogens is 1. The van der Waals surface area contributed by atoms with Gasteiger partial charge in [-0.15, -0.1) is 16.8 Å². The van der Waals surface area contributed by atoms with Gasteiger partial charge >= 0.3 is 0 Å². The number of nitrogens with one attached hydrogen (secondary N) is 1. The van der Waals surface area contributed by atoms with Crippen LogP contribution >= 0.6 is 34.4 Å². The summed E-state index contributed by atoms with van der Waals surface area (Å²) in [5, 5.41) is 12.2. The van der Waals surface area contributed by atoms with Gasteiger partial charge in [-0.1, -0.05) is 23.9 Å². The highest BCUT2D eigenvalue weighted by Gasteiger charge is 2.16. The molecular weight excluding hydrogens is 563 g/mol. The summed E-state index contributed by atoms with van der Waals surface area (Å²) in [6.07, 6.45) is 1.77. The maximum absolute atomic E-state index is 12.6. The zero-order chi connectivity index (χ0) is 24.7. The minimum absolute atomic E-state index is 0.0932. The molecule has 0 aliphatic rings. The molecule has 0 spiro atoms. The fraction of sp³-hybridized carbons (Fsp3) is 0.320. The summed E-state index contributed by atoms with van der Waals surface area (Å²) in [6, 6.07) is 9.92. The third kappa shape index (κ3) is 6.75. The lowest BCUT2D eigenvalue weighted by atomic mass is 10.1. The quantitative estimate of drug-likeness (QED) is 0.175. The molecule has 3 rings (SSSR count). The number of hydrogen-bond acceptors (Lipinski definition) is 6. The second-order valence-corrected chi connectivity index (χ2v) is 9.91. The molecule has 2 aromatic carbocycles. The molecule has 1 aromatic heterocycles. The smallest absolute Gasteiger partial charge is 0.234 e. The zero-order valence-electron chi connectivity index (χ0n) is 19.9. The van der Waals surface area contributed by atoms with Gasteiger partial charge in [0.15, 0.2) is 22.5 Å². The van der Waals surface area contributed by atoms with Crippen LogP contribution in [0.2, 0.25) is 0 Å². The number of ether oxygens (including phenoxy) is 2. The second kappa shape index (κ2) is 12.3. The predicted molar refractivity (Wildman–Crippen MR) is 145 cm³/mol. The van der Waals surface area contributed by atoms with Gasteiger partial charge in [0.25, 0.3) is 0 Å². The van der Waals surface area contributed by atoms with Crippen molar-refractivity contribution < 1.29 is 14.3 Å². The number of benzene rings is 2. The van der Waals surface area contributed by atoms with Crippen molar-refractivity contribution in [3.63, 3.8) is 0 Å². The van der Waals surface area contributed by atoms with Crippen LogP contribution in [0.3, 0.4) is 0 Å². The number of hydrogen-bond donors (Lipinski definition) is 1. The van der Waals surface area contributed by atoms with Crippen molar-refractivity contribution in [2.75, 3.05) is 17.7 Å². The molecule has 0 fully saturated rings. The SMILES string of the molecule is C=CCn1c(COc2ccc(C)cc2OCC)nnc1SCC(=O)Nc1c(C)cc(I)cc1C. The largest absolute Gasteiger partial charge is 0.490 e. The fourth-order valence-electron chi connectivity index (χ4n) is 3.40. The molecule has 0 saturated heterocycles. The highest BCUT2D eigenvalue weighted by Crippen LogP contribution is 2.29. The zero-order valence-corrected chi connectivity index (χ0v) is 22.8. The van der Waals surface area contributed by atoms with Gasteiger partial charge < -0.3 is 14.8 Å². The van der Waals surface area contributed by atoms with Crippen molar-refractivity contribution >= 4 is 45.9 Å². The monoisotopic (exact) mass is 592 g/mol. The van der Waals surface area contributed by atoms with Gasteiger partial charge in [0.05, 0.1) is 12.4 Å². The van der Waals surface area contributed by atoms with E-state index in [2.05, 4.69) is 44.7 Å². The standard InChI is InChI=1S/C25H29IN4O3S/c1-6-10-30-22(14-33-20-9-8-16(3)11-21(20)32-7-2)28-29-25(30)34-15-23(31)27-24-17(4)12-19(26)13-18(24)5/h6,8-9,11-13H,1,7,10,14-15H2,2-5H3,(H,27,31). The summed E-state index contributed by atoms with van der Waals surface area (Å²) in [5.74, 6) is 2.12. The molecule has 0 atom stereocenters. The Hall–Kier alpha value is -2.53. The fourth-order valence-corrected chi connectivity index (χ4v) is 5.10. The number of aromatic nitrogens is 3. The van der Waals surface area contributed by atoms with E-state index in [1.807, 2.05) is 62.6 Å². The Bertz CT molecular complexity index is 1160. The number of thioether (sulfide) groups is 1. The molecule has 0 saturated carbocycles. The summed E-state index contributed by atoms with van der Waals surface area (Å²) >= 11 is 3.61. The number of anilines is 1. The van der Waals surface area contributed by atoms with Crippen LogP contribution in [0.5, 0.6) is 11.5 Å². The lowest BCUT2D eigenvalue weighted by Gasteiger charge is -2.13. The highest BCUT2D eigenvalue weighted by molar-refractivity contribution is 14.1. The van der Waals surface area contributed by atoms with Crippen LogP contribution in [0.1, 0.15) is 29.4 Å². The van der Waals surface area contributed by atoms with E-state index in [-0.39, 0.29) is 18.3 Å². The van der Waals surface area contributed by atoms with E-state index in [0.717, 1.165) is 25.9 Å². The summed E-state index contributed by atoms with van der Waals surface area (Å²) in [4.78, 5) is 12.6. The van der Waals surface area contributed by atoms with E-state index >= 15 is 0 Å². The van der Waals surface area contributed by atoms with Crippen molar-refractivity contribution in [2.45, 2.75) is 46.0 Å². The average molecular weight is 593 g/mol. The molecule has 1 heterocycles. The van der Waals surface area contributed by atoms with E-state index in [4.69, 9.17) is 9.47 Å². The van der Waals surface area contributed by atoms with Crippen LogP contribution in [-0.2, 0) is 17.9 Å². The van der Waals surface area contributed by atoms with E-state index in [0.29, 0.717) is 35.6 Å². The Morgan fingerprint density at radius 2 is 1.88 bits per heavy atom.